The van der Waals surface area contributed by atoms with Gasteiger partial charge in [-0.25, -0.2) is 4.79 Å². The van der Waals surface area contributed by atoms with Crippen molar-refractivity contribution in [1.82, 2.24) is 4.90 Å². The molecule has 0 aliphatic carbocycles. The van der Waals surface area contributed by atoms with Crippen LogP contribution in [0.15, 0.2) is 59.2 Å². The number of esters is 1. The van der Waals surface area contributed by atoms with Crippen LogP contribution in [-0.2, 0) is 20.7 Å². The van der Waals surface area contributed by atoms with Crippen LogP contribution in [0.3, 0.4) is 0 Å². The number of likely N-dealkylation sites (tertiary alicyclic amines) is 1. The van der Waals surface area contributed by atoms with E-state index in [0.29, 0.717) is 11.7 Å². The fraction of sp³-hybridized carbons (Fsp3) is 0.333. The second kappa shape index (κ2) is 9.04. The largest absolute Gasteiger partial charge is 0.465 e. The molecule has 2 heterocycles. The molecule has 1 amide bonds. The molecule has 1 fully saturated rings. The van der Waals surface area contributed by atoms with Crippen molar-refractivity contribution in [3.63, 3.8) is 0 Å². The van der Waals surface area contributed by atoms with Gasteiger partial charge in [-0.3, -0.25) is 4.79 Å². The first kappa shape index (κ1) is 18.0. The van der Waals surface area contributed by atoms with Crippen LogP contribution in [0.5, 0.6) is 0 Å². The number of furan rings is 1. The lowest BCUT2D eigenvalue weighted by Crippen LogP contribution is -2.41. The molecule has 0 saturated carbocycles. The van der Waals surface area contributed by atoms with E-state index in [9.17, 15) is 9.59 Å². The molecule has 5 nitrogen and oxygen atoms in total. The number of piperidine rings is 1. The van der Waals surface area contributed by atoms with E-state index < -0.39 is 5.97 Å². The van der Waals surface area contributed by atoms with Gasteiger partial charge >= 0.3 is 5.97 Å². The van der Waals surface area contributed by atoms with Crippen molar-refractivity contribution in [2.75, 3.05) is 19.7 Å². The number of nitrogens with zero attached hydrogens (tertiary/aromatic N) is 1. The summed E-state index contributed by atoms with van der Waals surface area (Å²) < 4.78 is 10.1. The summed E-state index contributed by atoms with van der Waals surface area (Å²) in [6, 6.07) is 13.9. The zero-order chi connectivity index (χ0) is 18.2. The maximum atomic E-state index is 12.2. The van der Waals surface area contributed by atoms with Gasteiger partial charge in [0.1, 0.15) is 5.76 Å². The third kappa shape index (κ3) is 5.34. The summed E-state index contributed by atoms with van der Waals surface area (Å²) in [6.07, 6.45) is 7.31. The zero-order valence-electron chi connectivity index (χ0n) is 14.7. The highest BCUT2D eigenvalue weighted by Crippen LogP contribution is 2.21. The average Bonchev–Trinajstić information content (AvgIpc) is 3.19. The molecule has 1 aromatic heterocycles. The lowest BCUT2D eigenvalue weighted by atomic mass is 9.90. The number of ether oxygens (including phenoxy) is 1. The predicted octanol–water partition coefficient (Wildman–Crippen LogP) is 3.32. The van der Waals surface area contributed by atoms with Crippen LogP contribution in [0.1, 0.15) is 24.2 Å². The minimum absolute atomic E-state index is 0.136. The number of hydrogen-bond donors (Lipinski definition) is 0. The van der Waals surface area contributed by atoms with E-state index in [-0.39, 0.29) is 12.5 Å². The molecule has 26 heavy (non-hydrogen) atoms. The van der Waals surface area contributed by atoms with Gasteiger partial charge in [0.15, 0.2) is 6.61 Å². The Morgan fingerprint density at radius 2 is 1.88 bits per heavy atom. The summed E-state index contributed by atoms with van der Waals surface area (Å²) >= 11 is 0. The summed E-state index contributed by atoms with van der Waals surface area (Å²) in [6.45, 7) is 1.22. The van der Waals surface area contributed by atoms with Crippen molar-refractivity contribution >= 4 is 18.0 Å². The maximum absolute atomic E-state index is 12.2. The summed E-state index contributed by atoms with van der Waals surface area (Å²) in [5, 5.41) is 0. The Kier molecular flexibility index (Phi) is 6.25. The topological polar surface area (TPSA) is 59.8 Å². The minimum Gasteiger partial charge on any atom is -0.465 e. The number of amides is 1. The van der Waals surface area contributed by atoms with Crippen molar-refractivity contribution in [3.8, 4) is 0 Å². The van der Waals surface area contributed by atoms with Crippen LogP contribution in [-0.4, -0.2) is 36.5 Å². The van der Waals surface area contributed by atoms with Gasteiger partial charge < -0.3 is 14.1 Å². The molecule has 0 atom stereocenters. The maximum Gasteiger partial charge on any atom is 0.331 e. The standard InChI is InChI=1S/C21H23NO4/c23-20(16-26-21(24)9-8-19-7-4-14-25-19)22-12-10-18(11-13-22)15-17-5-2-1-3-6-17/h1-9,14,18H,10-13,15-16H2. The fourth-order valence-electron chi connectivity index (χ4n) is 3.14. The van der Waals surface area contributed by atoms with Crippen molar-refractivity contribution in [2.24, 2.45) is 5.92 Å². The predicted molar refractivity (Wildman–Crippen MR) is 98.2 cm³/mol. The molecule has 0 radical (unpaired) electrons. The SMILES string of the molecule is O=C(C=Cc1ccco1)OCC(=O)N1CCC(Cc2ccccc2)CC1. The van der Waals surface area contributed by atoms with E-state index in [1.54, 1.807) is 17.0 Å². The van der Waals surface area contributed by atoms with Gasteiger partial charge in [-0.05, 0) is 49.0 Å². The number of hydrogen-bond acceptors (Lipinski definition) is 4. The Morgan fingerprint density at radius 3 is 2.58 bits per heavy atom. The average molecular weight is 353 g/mol. The van der Waals surface area contributed by atoms with Crippen LogP contribution in [0.2, 0.25) is 0 Å². The number of carbonyl (C=O) groups excluding carboxylic acids is 2. The number of benzene rings is 1. The van der Waals surface area contributed by atoms with Crippen LogP contribution in [0.4, 0.5) is 0 Å². The molecular weight excluding hydrogens is 330 g/mol. The van der Waals surface area contributed by atoms with E-state index in [2.05, 4.69) is 24.3 Å². The van der Waals surface area contributed by atoms with Crippen LogP contribution in [0, 0.1) is 5.92 Å². The van der Waals surface area contributed by atoms with Gasteiger partial charge in [0, 0.05) is 19.2 Å². The second-order valence-corrected chi connectivity index (χ2v) is 6.47. The quantitative estimate of drug-likeness (QED) is 0.590. The van der Waals surface area contributed by atoms with Crippen molar-refractivity contribution in [1.29, 1.82) is 0 Å². The molecule has 0 N–H and O–H groups in total. The van der Waals surface area contributed by atoms with Gasteiger partial charge in [-0.2, -0.15) is 0 Å². The van der Waals surface area contributed by atoms with Gasteiger partial charge in [-0.1, -0.05) is 30.3 Å². The molecule has 1 saturated heterocycles. The highest BCUT2D eigenvalue weighted by Gasteiger charge is 2.23. The normalized spacial score (nSPS) is 15.3. The van der Waals surface area contributed by atoms with E-state index in [0.717, 1.165) is 32.4 Å². The van der Waals surface area contributed by atoms with Gasteiger partial charge in [-0.15, -0.1) is 0 Å². The van der Waals surface area contributed by atoms with Crippen LogP contribution in [0.25, 0.3) is 6.08 Å². The highest BCUT2D eigenvalue weighted by atomic mass is 16.5. The molecule has 0 spiro atoms. The fourth-order valence-corrected chi connectivity index (χ4v) is 3.14. The molecule has 136 valence electrons. The molecule has 5 heteroatoms. The molecule has 0 bridgehead atoms. The molecule has 1 aliphatic heterocycles. The first-order valence-electron chi connectivity index (χ1n) is 8.91. The van der Waals surface area contributed by atoms with Crippen molar-refractivity contribution in [2.45, 2.75) is 19.3 Å². The van der Waals surface area contributed by atoms with Crippen molar-refractivity contribution in [3.05, 3.63) is 66.1 Å². The first-order chi connectivity index (χ1) is 12.7. The number of rotatable bonds is 6. The van der Waals surface area contributed by atoms with E-state index in [1.807, 2.05) is 6.07 Å². The summed E-state index contributed by atoms with van der Waals surface area (Å²) in [7, 11) is 0. The Balaban J connectivity index is 1.37. The lowest BCUT2D eigenvalue weighted by Gasteiger charge is -2.32. The van der Waals surface area contributed by atoms with E-state index in [1.165, 1.54) is 24.0 Å². The Labute approximate surface area is 153 Å². The monoisotopic (exact) mass is 353 g/mol. The molecule has 1 aromatic carbocycles. The van der Waals surface area contributed by atoms with Crippen molar-refractivity contribution < 1.29 is 18.7 Å². The molecule has 2 aromatic rings. The van der Waals surface area contributed by atoms with Gasteiger partial charge in [0.2, 0.25) is 0 Å². The molecule has 3 rings (SSSR count). The molecule has 1 aliphatic rings. The second-order valence-electron chi connectivity index (χ2n) is 6.47. The third-order valence-electron chi connectivity index (χ3n) is 4.60. The molecular formula is C21H23NO4. The van der Waals surface area contributed by atoms with Gasteiger partial charge in [0.25, 0.3) is 5.91 Å². The van der Waals surface area contributed by atoms with Crippen LogP contribution >= 0.6 is 0 Å². The highest BCUT2D eigenvalue weighted by molar-refractivity contribution is 5.88. The number of carbonyl (C=O) groups is 2. The Bertz CT molecular complexity index is 729. The first-order valence-corrected chi connectivity index (χ1v) is 8.91. The van der Waals surface area contributed by atoms with Crippen LogP contribution < -0.4 is 0 Å². The smallest absolute Gasteiger partial charge is 0.331 e. The van der Waals surface area contributed by atoms with E-state index in [4.69, 9.17) is 9.15 Å². The zero-order valence-corrected chi connectivity index (χ0v) is 14.7. The summed E-state index contributed by atoms with van der Waals surface area (Å²) in [5.74, 6) is 0.477. The lowest BCUT2D eigenvalue weighted by molar-refractivity contribution is -0.148. The Morgan fingerprint density at radius 1 is 1.12 bits per heavy atom. The third-order valence-corrected chi connectivity index (χ3v) is 4.60. The van der Waals surface area contributed by atoms with Gasteiger partial charge in [0.05, 0.1) is 6.26 Å². The summed E-state index contributed by atoms with van der Waals surface area (Å²) in [4.78, 5) is 25.6. The Hall–Kier alpha value is -2.82. The van der Waals surface area contributed by atoms with E-state index >= 15 is 0 Å². The molecule has 0 unspecified atom stereocenters. The minimum atomic E-state index is -0.547. The summed E-state index contributed by atoms with van der Waals surface area (Å²) in [5.41, 5.74) is 1.34.